The number of rotatable bonds is 6. The second-order valence-corrected chi connectivity index (χ2v) is 12.3. The monoisotopic (exact) mass is 619 g/mol. The van der Waals surface area contributed by atoms with Gasteiger partial charge >= 0.3 is 6.18 Å². The van der Waals surface area contributed by atoms with Gasteiger partial charge in [-0.3, -0.25) is 4.79 Å². The van der Waals surface area contributed by atoms with E-state index in [1.165, 1.54) is 48.5 Å². The van der Waals surface area contributed by atoms with Crippen molar-refractivity contribution in [2.75, 3.05) is 26.7 Å². The van der Waals surface area contributed by atoms with Crippen LogP contribution in [0.15, 0.2) is 65.7 Å². The van der Waals surface area contributed by atoms with Crippen molar-refractivity contribution in [3.05, 3.63) is 88.9 Å². The maximum Gasteiger partial charge on any atom is 0.416 e. The van der Waals surface area contributed by atoms with Gasteiger partial charge in [-0.2, -0.15) is 17.5 Å². The molecule has 1 N–H and O–H groups in total. The molecular formula is C30H29F4N3O5S. The van der Waals surface area contributed by atoms with Crippen LogP contribution in [0.1, 0.15) is 40.9 Å². The standard InChI is InChI=1S/C30H29F4N3O5S/c1-19-16-37(20(2)18-38)29(39)26-13-22(8-7-21-9-11-23(12-10-21)30(32,33)34)15-35-28(26)42-27(19)17-36(3)43(40,41)25-6-4-5-24(31)14-25/h4-6,9-15,19-20,27,38H,16-18H2,1-3H3/t19-,20+,27-/m0/s1. The Morgan fingerprint density at radius 2 is 1.81 bits per heavy atom. The van der Waals surface area contributed by atoms with E-state index in [0.717, 1.165) is 28.6 Å². The summed E-state index contributed by atoms with van der Waals surface area (Å²) in [4.78, 5) is 19.1. The van der Waals surface area contributed by atoms with Gasteiger partial charge in [-0.05, 0) is 55.5 Å². The van der Waals surface area contributed by atoms with Gasteiger partial charge in [0.1, 0.15) is 17.5 Å². The summed E-state index contributed by atoms with van der Waals surface area (Å²) < 4.78 is 85.8. The van der Waals surface area contributed by atoms with E-state index in [2.05, 4.69) is 16.8 Å². The van der Waals surface area contributed by atoms with E-state index in [-0.39, 0.29) is 41.6 Å². The van der Waals surface area contributed by atoms with Gasteiger partial charge < -0.3 is 14.7 Å². The molecule has 0 unspecified atom stereocenters. The minimum absolute atomic E-state index is 0.0204. The number of ether oxygens (including phenoxy) is 1. The van der Waals surface area contributed by atoms with Gasteiger partial charge in [-0.15, -0.1) is 0 Å². The van der Waals surface area contributed by atoms with Crippen molar-refractivity contribution in [2.45, 2.75) is 37.1 Å². The van der Waals surface area contributed by atoms with Gasteiger partial charge in [0.05, 0.1) is 29.7 Å². The highest BCUT2D eigenvalue weighted by Gasteiger charge is 2.36. The van der Waals surface area contributed by atoms with Crippen LogP contribution in [0, 0.1) is 23.6 Å². The molecule has 3 atom stereocenters. The predicted octanol–water partition coefficient (Wildman–Crippen LogP) is 4.18. The van der Waals surface area contributed by atoms with E-state index in [0.29, 0.717) is 5.56 Å². The third kappa shape index (κ3) is 7.33. The van der Waals surface area contributed by atoms with Gasteiger partial charge in [-0.1, -0.05) is 24.8 Å². The molecule has 0 bridgehead atoms. The average Bonchev–Trinajstić information content (AvgIpc) is 2.97. The van der Waals surface area contributed by atoms with Gasteiger partial charge in [0.25, 0.3) is 5.91 Å². The summed E-state index contributed by atoms with van der Waals surface area (Å²) in [5, 5.41) is 9.85. The fraction of sp³-hybridized carbons (Fsp3) is 0.333. The SMILES string of the molecule is C[C@H](CO)N1C[C@H](C)[C@H](CN(C)S(=O)(=O)c2cccc(F)c2)Oc2ncc(C#Cc3ccc(C(F)(F)F)cc3)cc2C1=O. The van der Waals surface area contributed by atoms with E-state index in [9.17, 15) is 35.9 Å². The molecule has 8 nitrogen and oxygen atoms in total. The number of aromatic nitrogens is 1. The van der Waals surface area contributed by atoms with Crippen LogP contribution in [0.25, 0.3) is 0 Å². The molecule has 0 radical (unpaired) electrons. The molecule has 228 valence electrons. The zero-order chi connectivity index (χ0) is 31.5. The van der Waals surface area contributed by atoms with Crippen molar-refractivity contribution in [2.24, 2.45) is 5.92 Å². The Hall–Kier alpha value is -3.99. The van der Waals surface area contributed by atoms with E-state index in [1.54, 1.807) is 13.8 Å². The predicted molar refractivity (Wildman–Crippen MR) is 149 cm³/mol. The number of pyridine rings is 1. The van der Waals surface area contributed by atoms with Gasteiger partial charge in [0, 0.05) is 36.8 Å². The molecule has 2 heterocycles. The summed E-state index contributed by atoms with van der Waals surface area (Å²) in [6.07, 6.45) is -3.94. The highest BCUT2D eigenvalue weighted by molar-refractivity contribution is 7.89. The van der Waals surface area contributed by atoms with Crippen molar-refractivity contribution >= 4 is 15.9 Å². The Labute approximate surface area is 247 Å². The minimum atomic E-state index is -4.47. The Bertz CT molecular complexity index is 1650. The number of nitrogens with zero attached hydrogens (tertiary/aromatic N) is 3. The summed E-state index contributed by atoms with van der Waals surface area (Å²) in [6, 6.07) is 9.76. The number of aliphatic hydroxyl groups is 1. The van der Waals surface area contributed by atoms with Crippen molar-refractivity contribution in [1.29, 1.82) is 0 Å². The highest BCUT2D eigenvalue weighted by Crippen LogP contribution is 2.30. The fourth-order valence-electron chi connectivity index (χ4n) is 4.43. The van der Waals surface area contributed by atoms with Crippen LogP contribution in [0.2, 0.25) is 0 Å². The van der Waals surface area contributed by atoms with Crippen LogP contribution < -0.4 is 4.74 Å². The largest absolute Gasteiger partial charge is 0.472 e. The fourth-order valence-corrected chi connectivity index (χ4v) is 5.65. The lowest BCUT2D eigenvalue weighted by Crippen LogP contribution is -2.50. The summed E-state index contributed by atoms with van der Waals surface area (Å²) in [5.41, 5.74) is -0.190. The topological polar surface area (TPSA) is 100 Å². The minimum Gasteiger partial charge on any atom is -0.472 e. The molecule has 1 aromatic heterocycles. The second kappa shape index (κ2) is 12.7. The molecule has 4 rings (SSSR count). The number of halogens is 4. The smallest absolute Gasteiger partial charge is 0.416 e. The van der Waals surface area contributed by atoms with Crippen LogP contribution in [0.4, 0.5) is 17.6 Å². The zero-order valence-electron chi connectivity index (χ0n) is 23.5. The second-order valence-electron chi connectivity index (χ2n) is 10.3. The van der Waals surface area contributed by atoms with Crippen molar-refractivity contribution in [3.63, 3.8) is 0 Å². The number of carbonyl (C=O) groups is 1. The molecule has 43 heavy (non-hydrogen) atoms. The number of amides is 1. The maximum atomic E-state index is 13.8. The first-order valence-corrected chi connectivity index (χ1v) is 14.6. The number of sulfonamides is 1. The Morgan fingerprint density at radius 1 is 1.14 bits per heavy atom. The summed E-state index contributed by atoms with van der Waals surface area (Å²) in [6.45, 7) is 3.04. The van der Waals surface area contributed by atoms with Crippen LogP contribution >= 0.6 is 0 Å². The highest BCUT2D eigenvalue weighted by atomic mass is 32.2. The molecular weight excluding hydrogens is 590 g/mol. The number of fused-ring (bicyclic) bond motifs is 1. The third-order valence-electron chi connectivity index (χ3n) is 7.03. The maximum absolute atomic E-state index is 13.8. The summed E-state index contributed by atoms with van der Waals surface area (Å²) in [5.74, 6) is 3.85. The van der Waals surface area contributed by atoms with Crippen molar-refractivity contribution < 1.29 is 40.6 Å². The quantitative estimate of drug-likeness (QED) is 0.329. The number of likely N-dealkylation sites (N-methyl/N-ethyl adjacent to an activating group) is 1. The summed E-state index contributed by atoms with van der Waals surface area (Å²) in [7, 11) is -2.75. The molecule has 0 fully saturated rings. The normalized spacial score (nSPS) is 18.2. The summed E-state index contributed by atoms with van der Waals surface area (Å²) >= 11 is 0. The van der Waals surface area contributed by atoms with Crippen LogP contribution in [-0.4, -0.2) is 72.5 Å². The number of carbonyl (C=O) groups excluding carboxylic acids is 1. The zero-order valence-corrected chi connectivity index (χ0v) is 24.3. The van der Waals surface area contributed by atoms with Crippen LogP contribution in [0.5, 0.6) is 5.88 Å². The van der Waals surface area contributed by atoms with E-state index in [1.807, 2.05) is 0 Å². The first kappa shape index (κ1) is 31.9. The van der Waals surface area contributed by atoms with E-state index in [4.69, 9.17) is 4.74 Å². The molecule has 2 aromatic carbocycles. The lowest BCUT2D eigenvalue weighted by atomic mass is 10.0. The molecule has 1 aliphatic rings. The van der Waals surface area contributed by atoms with Gasteiger partial charge in [0.2, 0.25) is 15.9 Å². The molecule has 1 amide bonds. The number of hydrogen-bond acceptors (Lipinski definition) is 6. The number of hydrogen-bond donors (Lipinski definition) is 1. The Balaban J connectivity index is 1.66. The number of aliphatic hydroxyl groups excluding tert-OH is 1. The Morgan fingerprint density at radius 3 is 2.44 bits per heavy atom. The van der Waals surface area contributed by atoms with Crippen molar-refractivity contribution in [3.8, 4) is 17.7 Å². The van der Waals surface area contributed by atoms with Crippen LogP contribution in [0.3, 0.4) is 0 Å². The van der Waals surface area contributed by atoms with Crippen LogP contribution in [-0.2, 0) is 16.2 Å². The van der Waals surface area contributed by atoms with Gasteiger partial charge in [0.15, 0.2) is 0 Å². The molecule has 0 spiro atoms. The average molecular weight is 620 g/mol. The first-order valence-electron chi connectivity index (χ1n) is 13.2. The molecule has 1 aliphatic heterocycles. The molecule has 13 heteroatoms. The lowest BCUT2D eigenvalue weighted by molar-refractivity contribution is -0.137. The molecule has 3 aromatic rings. The molecule has 0 saturated carbocycles. The number of alkyl halides is 3. The van der Waals surface area contributed by atoms with Gasteiger partial charge in [-0.25, -0.2) is 17.8 Å². The molecule has 0 saturated heterocycles. The van der Waals surface area contributed by atoms with Crippen molar-refractivity contribution in [1.82, 2.24) is 14.2 Å². The number of benzene rings is 2. The Kier molecular flexibility index (Phi) is 9.44. The molecule has 0 aliphatic carbocycles. The van der Waals surface area contributed by atoms with E-state index < -0.39 is 51.6 Å². The third-order valence-corrected chi connectivity index (χ3v) is 8.85. The van der Waals surface area contributed by atoms with E-state index >= 15 is 0 Å². The lowest BCUT2D eigenvalue weighted by Gasteiger charge is -2.37. The first-order chi connectivity index (χ1) is 20.2.